The molecule has 1 amide bonds. The van der Waals surface area contributed by atoms with Gasteiger partial charge in [-0.25, -0.2) is 4.98 Å². The summed E-state index contributed by atoms with van der Waals surface area (Å²) in [5, 5.41) is 6.11. The number of ether oxygens (including phenoxy) is 1. The van der Waals surface area contributed by atoms with Crippen molar-refractivity contribution < 1.29 is 22.7 Å². The van der Waals surface area contributed by atoms with E-state index in [4.69, 9.17) is 4.74 Å². The molecule has 1 saturated heterocycles. The third-order valence-corrected chi connectivity index (χ3v) is 8.03. The van der Waals surface area contributed by atoms with Gasteiger partial charge in [0.15, 0.2) is 0 Å². The number of benzene rings is 2. The maximum absolute atomic E-state index is 13.9. The Morgan fingerprint density at radius 2 is 1.86 bits per heavy atom. The van der Waals surface area contributed by atoms with Crippen LogP contribution in [0.2, 0.25) is 0 Å². The largest absolute Gasteiger partial charge is 0.494 e. The number of likely N-dealkylation sites (N-methyl/N-ethyl adjacent to an activating group) is 1. The number of hydrogen-bond donors (Lipinski definition) is 2. The molecule has 0 unspecified atom stereocenters. The van der Waals surface area contributed by atoms with Crippen molar-refractivity contribution in [3.63, 3.8) is 0 Å². The van der Waals surface area contributed by atoms with E-state index in [0.717, 1.165) is 49.2 Å². The molecule has 1 fully saturated rings. The minimum absolute atomic E-state index is 0.0247. The number of carbonyl (C=O) groups is 1. The number of nitrogens with zero attached hydrogens (tertiary/aromatic N) is 5. The summed E-state index contributed by atoms with van der Waals surface area (Å²) >= 11 is 0. The van der Waals surface area contributed by atoms with Gasteiger partial charge < -0.3 is 25.2 Å². The average molecular weight is 584 g/mol. The first-order valence-corrected chi connectivity index (χ1v) is 13.9. The second-order valence-electron chi connectivity index (χ2n) is 11.0. The van der Waals surface area contributed by atoms with Crippen molar-refractivity contribution in [1.29, 1.82) is 0 Å². The standard InChI is InChI=1S/C30H36F3N7O2/c1-19-22-8-6-5-7-20(22)15-25(19)35-28-23(30(31,32)33)17-34-29(37-28)36-24-10-9-21(16-26(24)42-4)40-13-11-39(12-14-40)18-27(41)38(2)3/h5-10,16-17,19,25H,11-15,18H2,1-4H3,(H2,34,35,36,37)/t19-,25-/m1/s1. The highest BCUT2D eigenvalue weighted by molar-refractivity contribution is 5.77. The Hall–Kier alpha value is -4.06. The zero-order chi connectivity index (χ0) is 30.0. The third-order valence-electron chi connectivity index (χ3n) is 8.03. The van der Waals surface area contributed by atoms with Gasteiger partial charge in [-0.2, -0.15) is 18.2 Å². The molecule has 2 aromatic carbocycles. The maximum atomic E-state index is 13.9. The highest BCUT2D eigenvalue weighted by atomic mass is 19.4. The number of carbonyl (C=O) groups excluding carboxylic acids is 1. The summed E-state index contributed by atoms with van der Waals surface area (Å²) in [5.74, 6) is 0.379. The van der Waals surface area contributed by atoms with Gasteiger partial charge in [-0.3, -0.25) is 9.69 Å². The van der Waals surface area contributed by atoms with E-state index in [1.165, 1.54) is 7.11 Å². The molecule has 3 aromatic rings. The van der Waals surface area contributed by atoms with E-state index < -0.39 is 11.7 Å². The van der Waals surface area contributed by atoms with Crippen LogP contribution in [-0.4, -0.2) is 85.6 Å². The zero-order valence-electron chi connectivity index (χ0n) is 24.2. The molecule has 224 valence electrons. The fraction of sp³-hybridized carbons (Fsp3) is 0.433. The smallest absolute Gasteiger partial charge is 0.421 e. The van der Waals surface area contributed by atoms with Gasteiger partial charge in [-0.1, -0.05) is 31.2 Å². The predicted molar refractivity (Wildman–Crippen MR) is 157 cm³/mol. The molecule has 2 atom stereocenters. The van der Waals surface area contributed by atoms with Crippen molar-refractivity contribution in [1.82, 2.24) is 19.8 Å². The summed E-state index contributed by atoms with van der Waals surface area (Å²) in [6.45, 7) is 5.40. The van der Waals surface area contributed by atoms with Gasteiger partial charge in [0.1, 0.15) is 17.1 Å². The van der Waals surface area contributed by atoms with Gasteiger partial charge in [0.05, 0.1) is 19.3 Å². The molecule has 42 heavy (non-hydrogen) atoms. The first-order chi connectivity index (χ1) is 20.0. The van der Waals surface area contributed by atoms with Crippen LogP contribution < -0.4 is 20.3 Å². The average Bonchev–Trinajstić information content (AvgIpc) is 3.28. The van der Waals surface area contributed by atoms with Crippen molar-refractivity contribution in [2.75, 3.05) is 69.5 Å². The van der Waals surface area contributed by atoms with Crippen molar-refractivity contribution in [3.8, 4) is 5.75 Å². The monoisotopic (exact) mass is 583 g/mol. The molecule has 0 radical (unpaired) electrons. The molecule has 2 N–H and O–H groups in total. The lowest BCUT2D eigenvalue weighted by atomic mass is 10.0. The topological polar surface area (TPSA) is 85.9 Å². The van der Waals surface area contributed by atoms with Crippen molar-refractivity contribution in [2.45, 2.75) is 31.5 Å². The van der Waals surface area contributed by atoms with Gasteiger partial charge in [-0.15, -0.1) is 0 Å². The van der Waals surface area contributed by atoms with Crippen LogP contribution in [0.15, 0.2) is 48.7 Å². The van der Waals surface area contributed by atoms with E-state index in [1.54, 1.807) is 25.1 Å². The lowest BCUT2D eigenvalue weighted by Gasteiger charge is -2.36. The van der Waals surface area contributed by atoms with Crippen LogP contribution in [0, 0.1) is 0 Å². The van der Waals surface area contributed by atoms with Crippen LogP contribution in [0.3, 0.4) is 0 Å². The number of anilines is 4. The van der Waals surface area contributed by atoms with Crippen LogP contribution in [0.5, 0.6) is 5.75 Å². The number of amides is 1. The Morgan fingerprint density at radius 1 is 1.12 bits per heavy atom. The summed E-state index contributed by atoms with van der Waals surface area (Å²) < 4.78 is 47.4. The van der Waals surface area contributed by atoms with Crippen LogP contribution in [-0.2, 0) is 17.4 Å². The summed E-state index contributed by atoms with van der Waals surface area (Å²) in [5.41, 5.74) is 2.82. The maximum Gasteiger partial charge on any atom is 0.421 e. The van der Waals surface area contributed by atoms with Crippen molar-refractivity contribution >= 4 is 29.0 Å². The van der Waals surface area contributed by atoms with E-state index in [2.05, 4.69) is 30.4 Å². The van der Waals surface area contributed by atoms with Gasteiger partial charge in [-0.05, 0) is 29.7 Å². The molecule has 1 aliphatic carbocycles. The highest BCUT2D eigenvalue weighted by Gasteiger charge is 2.37. The minimum Gasteiger partial charge on any atom is -0.494 e. The second-order valence-corrected chi connectivity index (χ2v) is 11.0. The molecule has 5 rings (SSSR count). The van der Waals surface area contributed by atoms with E-state index in [0.29, 0.717) is 24.4 Å². The number of nitrogens with one attached hydrogen (secondary N) is 2. The van der Waals surface area contributed by atoms with E-state index in [9.17, 15) is 18.0 Å². The van der Waals surface area contributed by atoms with Crippen LogP contribution in [0.1, 0.15) is 29.5 Å². The number of aromatic nitrogens is 2. The molecule has 0 saturated carbocycles. The van der Waals surface area contributed by atoms with Gasteiger partial charge >= 0.3 is 6.18 Å². The lowest BCUT2D eigenvalue weighted by molar-refractivity contribution is -0.137. The number of halogens is 3. The first-order valence-electron chi connectivity index (χ1n) is 13.9. The van der Waals surface area contributed by atoms with E-state index >= 15 is 0 Å². The number of hydrogen-bond acceptors (Lipinski definition) is 8. The third kappa shape index (κ3) is 6.38. The minimum atomic E-state index is -4.61. The highest BCUT2D eigenvalue weighted by Crippen LogP contribution is 2.39. The molecule has 12 heteroatoms. The zero-order valence-corrected chi connectivity index (χ0v) is 24.2. The molecular formula is C30H36F3N7O2. The Kier molecular flexibility index (Phi) is 8.44. The van der Waals surface area contributed by atoms with Crippen LogP contribution in [0.25, 0.3) is 0 Å². The Balaban J connectivity index is 1.31. The van der Waals surface area contributed by atoms with Crippen molar-refractivity contribution in [2.24, 2.45) is 0 Å². The number of rotatable bonds is 8. The molecular weight excluding hydrogens is 547 g/mol. The van der Waals surface area contributed by atoms with Crippen molar-refractivity contribution in [3.05, 3.63) is 65.4 Å². The predicted octanol–water partition coefficient (Wildman–Crippen LogP) is 4.60. The number of alkyl halides is 3. The van der Waals surface area contributed by atoms with Gasteiger partial charge in [0.2, 0.25) is 11.9 Å². The summed E-state index contributed by atoms with van der Waals surface area (Å²) in [6, 6.07) is 13.3. The molecule has 1 aromatic heterocycles. The summed E-state index contributed by atoms with van der Waals surface area (Å²) in [4.78, 5) is 26.2. The molecule has 9 nitrogen and oxygen atoms in total. The normalized spacial score (nSPS) is 18.9. The Morgan fingerprint density at radius 3 is 2.52 bits per heavy atom. The summed E-state index contributed by atoms with van der Waals surface area (Å²) in [6.07, 6.45) is -3.19. The number of piperazine rings is 1. The Bertz CT molecular complexity index is 1420. The fourth-order valence-electron chi connectivity index (χ4n) is 5.50. The lowest BCUT2D eigenvalue weighted by Crippen LogP contribution is -2.49. The van der Waals surface area contributed by atoms with Gasteiger partial charge in [0, 0.05) is 70.2 Å². The van der Waals surface area contributed by atoms with Crippen LogP contribution >= 0.6 is 0 Å². The quantitative estimate of drug-likeness (QED) is 0.398. The van der Waals surface area contributed by atoms with E-state index in [1.807, 2.05) is 43.3 Å². The van der Waals surface area contributed by atoms with Gasteiger partial charge in [0.25, 0.3) is 0 Å². The van der Waals surface area contributed by atoms with Crippen LogP contribution in [0.4, 0.5) is 36.3 Å². The SMILES string of the molecule is COc1cc(N2CCN(CC(=O)N(C)C)CC2)ccc1Nc1ncc(C(F)(F)F)c(N[C@@H]2Cc3ccccc3[C@H]2C)n1. The Labute approximate surface area is 243 Å². The second kappa shape index (κ2) is 12.0. The fourth-order valence-corrected chi connectivity index (χ4v) is 5.50. The summed E-state index contributed by atoms with van der Waals surface area (Å²) in [7, 11) is 5.04. The molecule has 2 heterocycles. The first kappa shape index (κ1) is 29.4. The number of methoxy groups -OCH3 is 1. The molecule has 0 spiro atoms. The van der Waals surface area contributed by atoms with E-state index in [-0.39, 0.29) is 29.6 Å². The number of fused-ring (bicyclic) bond motifs is 1. The molecule has 1 aliphatic heterocycles. The molecule has 0 bridgehead atoms. The molecule has 2 aliphatic rings.